The van der Waals surface area contributed by atoms with Crippen LogP contribution >= 0.6 is 0 Å². The van der Waals surface area contributed by atoms with Crippen molar-refractivity contribution in [3.05, 3.63) is 190 Å². The SMILES string of the molecule is C1=CC=[SH+](C2c3ccccc3Oc3ccccc32)C=C1.CC1c2cccc3cccc(c23)C1C.CCC(C)(C)C(=O)OC12CC3CC(C1)CC(C(=O)OC(CS(=O)(=O)[O-])(C(F)(F)F)C(F)(F)F)(C3)C2.CCC(C)c1ccc(O)cc1.CCC(C)c1ccc(OC2(CC)CCCC2)cc1. The molecule has 6 aromatic rings. The van der Waals surface area contributed by atoms with Crippen molar-refractivity contribution in [1.29, 1.82) is 0 Å². The lowest BCUT2D eigenvalue weighted by Crippen LogP contribution is -2.66. The number of alkyl halides is 6. The Morgan fingerprint density at radius 3 is 1.63 bits per heavy atom. The predicted octanol–water partition coefficient (Wildman–Crippen LogP) is 20.6. The first-order valence-corrected chi connectivity index (χ1v) is 37.8. The summed E-state index contributed by atoms with van der Waals surface area (Å²) in [6, 6.07) is 46.3. The number of benzene rings is 6. The summed E-state index contributed by atoms with van der Waals surface area (Å²) in [5, 5.41) is 17.0. The van der Waals surface area contributed by atoms with Crippen LogP contribution in [-0.4, -0.2) is 70.3 Å². The van der Waals surface area contributed by atoms with Gasteiger partial charge in [0.15, 0.2) is 0 Å². The van der Waals surface area contributed by atoms with E-state index in [0.29, 0.717) is 60.4 Å². The van der Waals surface area contributed by atoms with Gasteiger partial charge in [0.05, 0.1) is 37.5 Å². The molecular weight excluding hydrogens is 1300 g/mol. The van der Waals surface area contributed by atoms with Crippen LogP contribution in [0.4, 0.5) is 26.3 Å². The maximum Gasteiger partial charge on any atom is 0.438 e. The summed E-state index contributed by atoms with van der Waals surface area (Å²) < 4.78 is 137. The molecule has 0 saturated heterocycles. The van der Waals surface area contributed by atoms with Gasteiger partial charge in [-0.1, -0.05) is 159 Å². The third-order valence-corrected chi connectivity index (χ3v) is 24.7. The van der Waals surface area contributed by atoms with E-state index in [0.717, 1.165) is 30.1 Å². The molecule has 18 heteroatoms. The fraction of sp³-hybridized carbons (Fsp3) is 0.487. The molecule has 2 aliphatic heterocycles. The number of allylic oxidation sites excluding steroid dienone is 3. The van der Waals surface area contributed by atoms with E-state index in [1.165, 1.54) is 76.3 Å². The number of phenolic OH excluding ortho intramolecular Hbond substituents is 1. The maximum absolute atomic E-state index is 13.7. The van der Waals surface area contributed by atoms with Crippen LogP contribution in [0.15, 0.2) is 157 Å². The van der Waals surface area contributed by atoms with Crippen molar-refractivity contribution in [3.63, 3.8) is 0 Å². The molecule has 1 N–H and O–H groups in total. The molecule has 7 atom stereocenters. The zero-order chi connectivity index (χ0) is 71.2. The Kier molecular flexibility index (Phi) is 23.5. The lowest BCUT2D eigenvalue weighted by molar-refractivity contribution is -0.365. The molecule has 14 rings (SSSR count). The summed E-state index contributed by atoms with van der Waals surface area (Å²) in [6.07, 6.45) is 3.15. The van der Waals surface area contributed by atoms with Gasteiger partial charge in [0.25, 0.3) is 0 Å². The number of carbonyl (C=O) groups is 2. The first kappa shape index (κ1) is 75.3. The number of para-hydroxylation sites is 2. The van der Waals surface area contributed by atoms with Crippen LogP contribution in [-0.2, 0) is 39.7 Å². The van der Waals surface area contributed by atoms with Crippen molar-refractivity contribution in [3.8, 4) is 23.0 Å². The van der Waals surface area contributed by atoms with Gasteiger partial charge in [-0.05, 0) is 214 Å². The van der Waals surface area contributed by atoms with Crippen LogP contribution in [0.5, 0.6) is 23.0 Å². The van der Waals surface area contributed by atoms with E-state index in [1.807, 2.05) is 24.3 Å². The van der Waals surface area contributed by atoms with Crippen LogP contribution < -0.4 is 9.47 Å². The van der Waals surface area contributed by atoms with E-state index in [-0.39, 0.29) is 47.2 Å². The molecule has 6 aliphatic carbocycles. The highest BCUT2D eigenvalue weighted by molar-refractivity contribution is 7.98. The largest absolute Gasteiger partial charge is 0.748 e. The number of hydrogen-bond acceptors (Lipinski definition) is 10. The molecule has 0 amide bonds. The highest BCUT2D eigenvalue weighted by atomic mass is 32.2. The third kappa shape index (κ3) is 16.8. The Morgan fingerprint density at radius 1 is 0.673 bits per heavy atom. The molecule has 530 valence electrons. The number of halogens is 6. The van der Waals surface area contributed by atoms with Crippen molar-refractivity contribution in [2.24, 2.45) is 22.7 Å². The summed E-state index contributed by atoms with van der Waals surface area (Å²) in [4.78, 5) is 25.9. The highest BCUT2D eigenvalue weighted by Crippen LogP contribution is 2.64. The Morgan fingerprint density at radius 2 is 1.17 bits per heavy atom. The predicted molar refractivity (Wildman–Crippen MR) is 378 cm³/mol. The Balaban J connectivity index is 0.000000152. The number of aromatic hydroxyl groups is 1. The van der Waals surface area contributed by atoms with Gasteiger partial charge < -0.3 is 28.6 Å². The maximum atomic E-state index is 13.7. The number of carbonyl (C=O) groups excluding carboxylic acids is 2. The normalized spacial score (nSPS) is 23.8. The number of thiol groups is 1. The highest BCUT2D eigenvalue weighted by Gasteiger charge is 2.76. The van der Waals surface area contributed by atoms with Crippen LogP contribution in [0, 0.1) is 22.7 Å². The minimum atomic E-state index is -6.43. The first-order valence-electron chi connectivity index (χ1n) is 34.7. The monoisotopic (exact) mass is 1390 g/mol. The molecule has 98 heavy (non-hydrogen) atoms. The smallest absolute Gasteiger partial charge is 0.438 e. The summed E-state index contributed by atoms with van der Waals surface area (Å²) >= 11 is 0. The van der Waals surface area contributed by atoms with Crippen molar-refractivity contribution >= 4 is 48.7 Å². The number of ether oxygens (including phenoxy) is 4. The molecule has 0 aromatic heterocycles. The van der Waals surface area contributed by atoms with Gasteiger partial charge in [-0.25, -0.2) is 8.42 Å². The van der Waals surface area contributed by atoms with Crippen LogP contribution in [0.1, 0.15) is 221 Å². The van der Waals surface area contributed by atoms with Crippen molar-refractivity contribution in [2.75, 3.05) is 5.75 Å². The number of phenols is 1. The van der Waals surface area contributed by atoms with E-state index in [4.69, 9.17) is 19.3 Å². The molecule has 0 radical (unpaired) electrons. The number of hydrogen-bond donors (Lipinski definition) is 1. The zero-order valence-corrected chi connectivity index (χ0v) is 59.7. The van der Waals surface area contributed by atoms with Gasteiger partial charge in [-0.2, -0.15) is 26.3 Å². The Labute approximate surface area is 577 Å². The molecule has 0 spiro atoms. The molecule has 6 aromatic carbocycles. The van der Waals surface area contributed by atoms with E-state index in [2.05, 4.69) is 179 Å². The molecule has 4 bridgehead atoms. The van der Waals surface area contributed by atoms with E-state index in [1.54, 1.807) is 32.9 Å². The average molecular weight is 1400 g/mol. The third-order valence-electron chi connectivity index (χ3n) is 21.8. The molecule has 10 nitrogen and oxygen atoms in total. The fourth-order valence-corrected chi connectivity index (χ4v) is 18.4. The summed E-state index contributed by atoms with van der Waals surface area (Å²) in [5.74, 6) is -0.164. The first-order chi connectivity index (χ1) is 46.2. The topological polar surface area (TPSA) is 148 Å². The van der Waals surface area contributed by atoms with Crippen molar-refractivity contribution < 1.29 is 73.0 Å². The Bertz CT molecular complexity index is 3850. The number of fused-ring (bicyclic) bond motifs is 2. The van der Waals surface area contributed by atoms with Crippen LogP contribution in [0.25, 0.3) is 10.8 Å². The second kappa shape index (κ2) is 30.5. The number of rotatable bonds is 15. The van der Waals surface area contributed by atoms with E-state index < -0.39 is 62.2 Å². The second-order valence-corrected chi connectivity index (χ2v) is 32.3. The zero-order valence-electron chi connectivity index (χ0n) is 58.0. The van der Waals surface area contributed by atoms with Crippen molar-refractivity contribution in [2.45, 2.75) is 217 Å². The summed E-state index contributed by atoms with van der Waals surface area (Å²) in [7, 11) is -6.47. The lowest BCUT2D eigenvalue weighted by atomic mass is 9.48. The van der Waals surface area contributed by atoms with Crippen LogP contribution in [0.3, 0.4) is 0 Å². The molecule has 5 fully saturated rings. The van der Waals surface area contributed by atoms with Gasteiger partial charge >= 0.3 is 29.9 Å². The van der Waals surface area contributed by atoms with Crippen LogP contribution in [0.2, 0.25) is 0 Å². The van der Waals surface area contributed by atoms with Gasteiger partial charge in [0.1, 0.15) is 39.5 Å². The van der Waals surface area contributed by atoms with E-state index >= 15 is 0 Å². The quantitative estimate of drug-likeness (QED) is 0.0263. The minimum Gasteiger partial charge on any atom is -0.748 e. The minimum absolute atomic E-state index is 0.0886. The van der Waals surface area contributed by atoms with Gasteiger partial charge in [0.2, 0.25) is 0 Å². The fourth-order valence-electron chi connectivity index (χ4n) is 15.4. The standard InChI is InChI=1S/C21H28F6O7S.C18H14OS.C17H26O.C14H14.C10H14O/c1-4-16(2,3)14(28)33-18-8-12-5-13(9-18)7-17(6-12,10-18)15(29)34-19(20(22,23)24,21(25,26)27)11-35(30,31)32;1-6-12-20(13-7-1)18-14-8-2-4-10-16(14)19-17-11-5-3-9-15(17)18;1-4-14(3)15-8-10-16(11-9-15)18-17(5-2)12-6-7-13-17;1-9-10(2)13-8-4-6-11-5-3-7-12(9)14(11)13;1-3-8(2)9-4-6-10(11)7-5-9/h12-13H,4-11H2,1-3H3,(H,30,31,32);1-13,18H;8-11,14H,4-7,12-13H2,1-3H3;3-10H,1-2H3;4-8,11H,3H2,1-2H3. The van der Waals surface area contributed by atoms with Gasteiger partial charge in [-0.3, -0.25) is 9.59 Å². The lowest BCUT2D eigenvalue weighted by Gasteiger charge is -2.60. The Hall–Kier alpha value is -6.89. The second-order valence-electron chi connectivity index (χ2n) is 28.9. The summed E-state index contributed by atoms with van der Waals surface area (Å²) in [6.45, 7) is 20.8. The molecule has 8 aliphatic rings. The number of esters is 2. The van der Waals surface area contributed by atoms with Crippen molar-refractivity contribution in [1.82, 2.24) is 0 Å². The molecule has 2 heterocycles. The summed E-state index contributed by atoms with van der Waals surface area (Å²) in [5.41, 5.74) is -1.01. The molecular formula is C80H96F6O10S2. The molecule has 7 unspecified atom stereocenters. The molecule has 5 saturated carbocycles. The average Bonchev–Trinajstić information content (AvgIpc) is 0.882. The van der Waals surface area contributed by atoms with E-state index in [9.17, 15) is 48.9 Å². The van der Waals surface area contributed by atoms with Gasteiger partial charge in [0, 0.05) is 17.5 Å². The van der Waals surface area contributed by atoms with Gasteiger partial charge in [-0.15, -0.1) is 10.5 Å².